The molecular formula is C19H22N2O2. The molecule has 0 aliphatic carbocycles. The number of amides is 1. The van der Waals surface area contributed by atoms with Crippen LogP contribution in [0.2, 0.25) is 0 Å². The van der Waals surface area contributed by atoms with Gasteiger partial charge in [-0.2, -0.15) is 5.10 Å². The first kappa shape index (κ1) is 16.7. The Hall–Kier alpha value is -2.62. The number of hydrazone groups is 1. The van der Waals surface area contributed by atoms with Crippen molar-refractivity contribution in [2.75, 3.05) is 7.11 Å². The second kappa shape index (κ2) is 8.73. The molecule has 0 fully saturated rings. The molecule has 1 amide bonds. The smallest absolute Gasteiger partial charge is 0.244 e. The third kappa shape index (κ3) is 5.25. The topological polar surface area (TPSA) is 50.7 Å². The first-order valence-corrected chi connectivity index (χ1v) is 7.76. The van der Waals surface area contributed by atoms with E-state index in [0.717, 1.165) is 35.4 Å². The maximum absolute atomic E-state index is 12.0. The highest BCUT2D eigenvalue weighted by Crippen LogP contribution is 2.14. The van der Waals surface area contributed by atoms with Gasteiger partial charge in [0.15, 0.2) is 0 Å². The summed E-state index contributed by atoms with van der Waals surface area (Å²) in [6.07, 6.45) is 2.09. The molecule has 2 aromatic rings. The van der Waals surface area contributed by atoms with Crippen LogP contribution in [0.15, 0.2) is 59.7 Å². The number of benzene rings is 2. The first-order valence-electron chi connectivity index (χ1n) is 7.76. The molecule has 120 valence electrons. The fourth-order valence-corrected chi connectivity index (χ4v) is 2.24. The van der Waals surface area contributed by atoms with Gasteiger partial charge in [0.05, 0.1) is 19.2 Å². The molecule has 0 spiro atoms. The van der Waals surface area contributed by atoms with E-state index >= 15 is 0 Å². The summed E-state index contributed by atoms with van der Waals surface area (Å²) in [6.45, 7) is 2.09. The van der Waals surface area contributed by atoms with Crippen molar-refractivity contribution in [3.05, 3.63) is 65.7 Å². The summed E-state index contributed by atoms with van der Waals surface area (Å²) in [7, 11) is 1.64. The largest absolute Gasteiger partial charge is 0.497 e. The van der Waals surface area contributed by atoms with E-state index in [9.17, 15) is 4.79 Å². The highest BCUT2D eigenvalue weighted by molar-refractivity contribution is 6.01. The summed E-state index contributed by atoms with van der Waals surface area (Å²) in [5.74, 6) is 0.691. The van der Waals surface area contributed by atoms with E-state index in [1.807, 2.05) is 54.6 Å². The number of rotatable bonds is 7. The lowest BCUT2D eigenvalue weighted by Gasteiger charge is -2.08. The second-order valence-corrected chi connectivity index (χ2v) is 5.23. The van der Waals surface area contributed by atoms with Crippen LogP contribution < -0.4 is 10.2 Å². The summed E-state index contributed by atoms with van der Waals surface area (Å²) >= 11 is 0. The van der Waals surface area contributed by atoms with Gasteiger partial charge >= 0.3 is 0 Å². The van der Waals surface area contributed by atoms with Gasteiger partial charge in [-0.05, 0) is 41.8 Å². The Balaban J connectivity index is 2.04. The fraction of sp³-hybridized carbons (Fsp3) is 0.263. The van der Waals surface area contributed by atoms with Crippen LogP contribution in [-0.4, -0.2) is 18.7 Å². The van der Waals surface area contributed by atoms with Crippen LogP contribution in [0, 0.1) is 0 Å². The Kier molecular flexibility index (Phi) is 6.36. The first-order chi connectivity index (χ1) is 11.2. The third-order valence-electron chi connectivity index (χ3n) is 3.43. The molecule has 0 heterocycles. The van der Waals surface area contributed by atoms with Gasteiger partial charge < -0.3 is 4.74 Å². The molecule has 0 aliphatic rings. The van der Waals surface area contributed by atoms with E-state index < -0.39 is 0 Å². The molecule has 0 bridgehead atoms. The van der Waals surface area contributed by atoms with Crippen LogP contribution in [0.3, 0.4) is 0 Å². The maximum Gasteiger partial charge on any atom is 0.244 e. The molecule has 0 atom stereocenters. The third-order valence-corrected chi connectivity index (χ3v) is 3.43. The Morgan fingerprint density at radius 2 is 1.78 bits per heavy atom. The summed E-state index contributed by atoms with van der Waals surface area (Å²) in [4.78, 5) is 12.0. The van der Waals surface area contributed by atoms with E-state index in [-0.39, 0.29) is 5.91 Å². The van der Waals surface area contributed by atoms with Crippen molar-refractivity contribution >= 4 is 11.6 Å². The number of nitrogens with zero attached hydrogens (tertiary/aromatic N) is 1. The average Bonchev–Trinajstić information content (AvgIpc) is 2.59. The molecule has 2 aromatic carbocycles. The minimum absolute atomic E-state index is 0.113. The second-order valence-electron chi connectivity index (χ2n) is 5.23. The lowest BCUT2D eigenvalue weighted by atomic mass is 10.1. The molecule has 2 rings (SSSR count). The molecule has 4 nitrogen and oxygen atoms in total. The lowest BCUT2D eigenvalue weighted by Crippen LogP contribution is -2.22. The SMILES string of the molecule is CCC/C(=N\NC(=O)Cc1ccccc1)c1ccc(OC)cc1. The highest BCUT2D eigenvalue weighted by atomic mass is 16.5. The summed E-state index contributed by atoms with van der Waals surface area (Å²) in [5.41, 5.74) is 5.50. The minimum Gasteiger partial charge on any atom is -0.497 e. The molecule has 0 unspecified atom stereocenters. The van der Waals surface area contributed by atoms with E-state index in [1.54, 1.807) is 7.11 Å². The van der Waals surface area contributed by atoms with Crippen LogP contribution in [0.1, 0.15) is 30.9 Å². The van der Waals surface area contributed by atoms with Crippen molar-refractivity contribution in [3.8, 4) is 5.75 Å². The van der Waals surface area contributed by atoms with Crippen molar-refractivity contribution < 1.29 is 9.53 Å². The zero-order valence-electron chi connectivity index (χ0n) is 13.6. The molecule has 4 heteroatoms. The Bertz CT molecular complexity index is 649. The Labute approximate surface area is 137 Å². The molecular weight excluding hydrogens is 288 g/mol. The zero-order valence-corrected chi connectivity index (χ0v) is 13.6. The highest BCUT2D eigenvalue weighted by Gasteiger charge is 2.06. The molecule has 0 aromatic heterocycles. The van der Waals surface area contributed by atoms with Gasteiger partial charge in [0.1, 0.15) is 5.75 Å². The predicted molar refractivity (Wildman–Crippen MR) is 92.7 cm³/mol. The van der Waals surface area contributed by atoms with Crippen LogP contribution >= 0.6 is 0 Å². The van der Waals surface area contributed by atoms with Crippen LogP contribution in [-0.2, 0) is 11.2 Å². The van der Waals surface area contributed by atoms with E-state index in [1.165, 1.54) is 0 Å². The van der Waals surface area contributed by atoms with Gasteiger partial charge in [-0.15, -0.1) is 0 Å². The Morgan fingerprint density at radius 1 is 1.09 bits per heavy atom. The monoisotopic (exact) mass is 310 g/mol. The van der Waals surface area contributed by atoms with Crippen LogP contribution in [0.5, 0.6) is 5.75 Å². The van der Waals surface area contributed by atoms with Crippen molar-refractivity contribution in [2.24, 2.45) is 5.10 Å². The van der Waals surface area contributed by atoms with E-state index in [4.69, 9.17) is 4.74 Å². The Morgan fingerprint density at radius 3 is 2.39 bits per heavy atom. The quantitative estimate of drug-likeness (QED) is 0.628. The lowest BCUT2D eigenvalue weighted by molar-refractivity contribution is -0.120. The number of hydrogen-bond acceptors (Lipinski definition) is 3. The number of hydrogen-bond donors (Lipinski definition) is 1. The van der Waals surface area contributed by atoms with Crippen LogP contribution in [0.25, 0.3) is 0 Å². The minimum atomic E-state index is -0.113. The molecule has 0 aliphatic heterocycles. The molecule has 0 saturated carbocycles. The number of ether oxygens (including phenoxy) is 1. The van der Waals surface area contributed by atoms with Crippen molar-refractivity contribution in [1.82, 2.24) is 5.43 Å². The van der Waals surface area contributed by atoms with Crippen molar-refractivity contribution in [3.63, 3.8) is 0 Å². The van der Waals surface area contributed by atoms with Gasteiger partial charge in [0.25, 0.3) is 0 Å². The standard InChI is InChI=1S/C19H22N2O2/c1-3-7-18(16-10-12-17(23-2)13-11-16)20-21-19(22)14-15-8-5-4-6-9-15/h4-6,8-13H,3,7,14H2,1-2H3,(H,21,22)/b20-18+. The zero-order chi connectivity index (χ0) is 16.5. The molecule has 1 N–H and O–H groups in total. The van der Waals surface area contributed by atoms with E-state index in [0.29, 0.717) is 6.42 Å². The maximum atomic E-state index is 12.0. The summed E-state index contributed by atoms with van der Waals surface area (Å²) < 4.78 is 5.16. The van der Waals surface area contributed by atoms with E-state index in [2.05, 4.69) is 17.5 Å². The summed E-state index contributed by atoms with van der Waals surface area (Å²) in [6, 6.07) is 17.3. The normalized spacial score (nSPS) is 11.1. The number of methoxy groups -OCH3 is 1. The van der Waals surface area contributed by atoms with Crippen molar-refractivity contribution in [1.29, 1.82) is 0 Å². The molecule has 0 radical (unpaired) electrons. The number of carbonyl (C=O) groups is 1. The number of carbonyl (C=O) groups excluding carboxylic acids is 1. The van der Waals surface area contributed by atoms with Gasteiger partial charge in [-0.25, -0.2) is 5.43 Å². The predicted octanol–water partition coefficient (Wildman–Crippen LogP) is 3.56. The fourth-order valence-electron chi connectivity index (χ4n) is 2.24. The number of nitrogens with one attached hydrogen (secondary N) is 1. The summed E-state index contributed by atoms with van der Waals surface area (Å²) in [5, 5.41) is 4.31. The van der Waals surface area contributed by atoms with Gasteiger partial charge in [-0.3, -0.25) is 4.79 Å². The van der Waals surface area contributed by atoms with Gasteiger partial charge in [-0.1, -0.05) is 43.7 Å². The molecule has 23 heavy (non-hydrogen) atoms. The average molecular weight is 310 g/mol. The van der Waals surface area contributed by atoms with Gasteiger partial charge in [0.2, 0.25) is 5.91 Å². The van der Waals surface area contributed by atoms with Gasteiger partial charge in [0, 0.05) is 0 Å². The van der Waals surface area contributed by atoms with Crippen LogP contribution in [0.4, 0.5) is 0 Å². The van der Waals surface area contributed by atoms with Crippen molar-refractivity contribution in [2.45, 2.75) is 26.2 Å². The molecule has 0 saturated heterocycles.